The van der Waals surface area contributed by atoms with E-state index in [0.29, 0.717) is 13.0 Å². The van der Waals surface area contributed by atoms with Crippen LogP contribution >= 0.6 is 0 Å². The van der Waals surface area contributed by atoms with Crippen LogP contribution < -0.4 is 10.2 Å². The molecule has 0 spiro atoms. The van der Waals surface area contributed by atoms with Crippen LogP contribution in [0, 0.1) is 6.92 Å². The molecule has 0 atom stereocenters. The Morgan fingerprint density at radius 1 is 1.30 bits per heavy atom. The number of hydrogen-bond acceptors (Lipinski definition) is 6. The minimum Gasteiger partial charge on any atom is -0.370 e. The van der Waals surface area contributed by atoms with E-state index in [0.717, 1.165) is 36.7 Å². The van der Waals surface area contributed by atoms with Crippen molar-refractivity contribution in [1.29, 1.82) is 0 Å². The molecule has 0 unspecified atom stereocenters. The molecule has 2 rings (SSSR count). The summed E-state index contributed by atoms with van der Waals surface area (Å²) in [5.74, 6) is 2.16. The maximum absolute atomic E-state index is 11.7. The molecule has 7 heteroatoms. The van der Waals surface area contributed by atoms with Gasteiger partial charge < -0.3 is 10.2 Å². The van der Waals surface area contributed by atoms with Crippen molar-refractivity contribution in [2.45, 2.75) is 26.7 Å². The van der Waals surface area contributed by atoms with E-state index in [4.69, 9.17) is 0 Å². The van der Waals surface area contributed by atoms with Crippen molar-refractivity contribution in [3.63, 3.8) is 0 Å². The van der Waals surface area contributed by atoms with Crippen LogP contribution in [0.1, 0.15) is 25.3 Å². The van der Waals surface area contributed by atoms with Crippen molar-refractivity contribution in [2.75, 3.05) is 41.4 Å². The average Bonchev–Trinajstić information content (AvgIpc) is 2.59. The molecule has 0 amide bonds. The van der Waals surface area contributed by atoms with E-state index >= 15 is 0 Å². The monoisotopic (exact) mass is 298 g/mol. The summed E-state index contributed by atoms with van der Waals surface area (Å²) in [5, 5.41) is 3.28. The van der Waals surface area contributed by atoms with Crippen LogP contribution in [0.2, 0.25) is 0 Å². The number of rotatable bonds is 4. The smallest absolute Gasteiger partial charge is 0.152 e. The maximum atomic E-state index is 11.7. The Morgan fingerprint density at radius 3 is 2.85 bits per heavy atom. The molecule has 0 saturated carbocycles. The fraction of sp³-hybridized carbons (Fsp3) is 0.692. The first-order chi connectivity index (χ1) is 9.53. The lowest BCUT2D eigenvalue weighted by Gasteiger charge is -2.23. The van der Waals surface area contributed by atoms with E-state index in [1.165, 1.54) is 0 Å². The Morgan fingerprint density at radius 2 is 2.10 bits per heavy atom. The van der Waals surface area contributed by atoms with Gasteiger partial charge in [-0.15, -0.1) is 0 Å². The predicted octanol–water partition coefficient (Wildman–Crippen LogP) is 1.23. The lowest BCUT2D eigenvalue weighted by molar-refractivity contribution is 0.597. The van der Waals surface area contributed by atoms with Gasteiger partial charge >= 0.3 is 0 Å². The normalized spacial score (nSPS) is 18.6. The highest BCUT2D eigenvalue weighted by atomic mass is 32.2. The van der Waals surface area contributed by atoms with Crippen molar-refractivity contribution < 1.29 is 8.42 Å². The van der Waals surface area contributed by atoms with Gasteiger partial charge in [-0.1, -0.05) is 6.92 Å². The molecule has 0 bridgehead atoms. The molecule has 1 fully saturated rings. The van der Waals surface area contributed by atoms with Crippen molar-refractivity contribution in [2.24, 2.45) is 0 Å². The summed E-state index contributed by atoms with van der Waals surface area (Å²) in [5.41, 5.74) is 0.986. The third kappa shape index (κ3) is 3.59. The summed E-state index contributed by atoms with van der Waals surface area (Å²) in [6, 6.07) is 0. The van der Waals surface area contributed by atoms with E-state index in [1.54, 1.807) is 6.33 Å². The second-order valence-corrected chi connectivity index (χ2v) is 7.39. The molecule has 1 aliphatic rings. The third-order valence-electron chi connectivity index (χ3n) is 3.46. The largest absolute Gasteiger partial charge is 0.370 e. The average molecular weight is 298 g/mol. The van der Waals surface area contributed by atoms with Crippen LogP contribution in [0.15, 0.2) is 6.33 Å². The highest BCUT2D eigenvalue weighted by molar-refractivity contribution is 7.91. The Hall–Kier alpha value is -1.37. The number of hydrogen-bond donors (Lipinski definition) is 1. The lowest BCUT2D eigenvalue weighted by Crippen LogP contribution is -2.28. The molecule has 0 aliphatic carbocycles. The zero-order valence-electron chi connectivity index (χ0n) is 12.1. The summed E-state index contributed by atoms with van der Waals surface area (Å²) in [4.78, 5) is 10.7. The second kappa shape index (κ2) is 6.39. The van der Waals surface area contributed by atoms with Gasteiger partial charge in [0.15, 0.2) is 9.84 Å². The molecule has 20 heavy (non-hydrogen) atoms. The number of sulfone groups is 1. The van der Waals surface area contributed by atoms with Crippen molar-refractivity contribution in [3.05, 3.63) is 11.9 Å². The molecular formula is C13H22N4O2S. The molecule has 6 nitrogen and oxygen atoms in total. The van der Waals surface area contributed by atoms with Crippen molar-refractivity contribution >= 4 is 21.5 Å². The quantitative estimate of drug-likeness (QED) is 0.901. The van der Waals surface area contributed by atoms with Crippen LogP contribution in [-0.4, -0.2) is 49.5 Å². The molecule has 0 radical (unpaired) electrons. The second-order valence-electron chi connectivity index (χ2n) is 5.09. The van der Waals surface area contributed by atoms with Crippen molar-refractivity contribution in [1.82, 2.24) is 9.97 Å². The predicted molar refractivity (Wildman–Crippen MR) is 81.0 cm³/mol. The summed E-state index contributed by atoms with van der Waals surface area (Å²) in [7, 11) is -2.90. The van der Waals surface area contributed by atoms with Crippen LogP contribution in [0.4, 0.5) is 11.6 Å². The first-order valence-electron chi connectivity index (χ1n) is 7.04. The Kier molecular flexibility index (Phi) is 4.80. The van der Waals surface area contributed by atoms with E-state index < -0.39 is 9.84 Å². The highest BCUT2D eigenvalue weighted by Gasteiger charge is 2.21. The Labute approximate surface area is 120 Å². The zero-order chi connectivity index (χ0) is 14.6. The van der Waals surface area contributed by atoms with Crippen LogP contribution in [0.5, 0.6) is 0 Å². The summed E-state index contributed by atoms with van der Waals surface area (Å²) >= 11 is 0. The number of nitrogens with zero attached hydrogens (tertiary/aromatic N) is 3. The number of aromatic nitrogens is 2. The third-order valence-corrected chi connectivity index (χ3v) is 5.17. The molecule has 1 aliphatic heterocycles. The van der Waals surface area contributed by atoms with Crippen molar-refractivity contribution in [3.8, 4) is 0 Å². The molecule has 1 saturated heterocycles. The molecule has 1 aromatic rings. The van der Waals surface area contributed by atoms with E-state index in [9.17, 15) is 8.42 Å². The van der Waals surface area contributed by atoms with Gasteiger partial charge in [-0.3, -0.25) is 0 Å². The summed E-state index contributed by atoms with van der Waals surface area (Å²) in [6.45, 7) is 6.18. The standard InChI is InChI=1S/C13H22N4O2S/c1-3-5-14-12-11(2)13(16-10-15-12)17-6-4-8-20(18,19)9-7-17/h10H,3-9H2,1-2H3,(H,14,15,16). The van der Waals surface area contributed by atoms with Gasteiger partial charge in [0.1, 0.15) is 18.0 Å². The molecule has 112 valence electrons. The first-order valence-corrected chi connectivity index (χ1v) is 8.86. The fourth-order valence-corrected chi connectivity index (χ4v) is 3.60. The van der Waals surface area contributed by atoms with Gasteiger partial charge in [0.05, 0.1) is 11.5 Å². The van der Waals surface area contributed by atoms with Gasteiger partial charge in [-0.05, 0) is 19.8 Å². The number of anilines is 2. The SMILES string of the molecule is CCCNc1ncnc(N2CCCS(=O)(=O)CC2)c1C. The number of nitrogens with one attached hydrogen (secondary N) is 1. The zero-order valence-corrected chi connectivity index (χ0v) is 12.9. The van der Waals surface area contributed by atoms with Crippen LogP contribution in [-0.2, 0) is 9.84 Å². The van der Waals surface area contributed by atoms with E-state index in [2.05, 4.69) is 27.1 Å². The van der Waals surface area contributed by atoms with Gasteiger partial charge in [-0.2, -0.15) is 0 Å². The Bertz CT molecular complexity index is 559. The van der Waals surface area contributed by atoms with Gasteiger partial charge in [-0.25, -0.2) is 18.4 Å². The van der Waals surface area contributed by atoms with E-state index in [1.807, 2.05) is 6.92 Å². The van der Waals surface area contributed by atoms with Crippen LogP contribution in [0.25, 0.3) is 0 Å². The fourth-order valence-electron chi connectivity index (χ4n) is 2.33. The van der Waals surface area contributed by atoms with E-state index in [-0.39, 0.29) is 11.5 Å². The Balaban J connectivity index is 2.19. The van der Waals surface area contributed by atoms with Gasteiger partial charge in [0.2, 0.25) is 0 Å². The lowest BCUT2D eigenvalue weighted by atomic mass is 10.2. The van der Waals surface area contributed by atoms with Gasteiger partial charge in [0, 0.05) is 25.2 Å². The molecule has 2 heterocycles. The highest BCUT2D eigenvalue weighted by Crippen LogP contribution is 2.23. The molecule has 0 aromatic carbocycles. The molecule has 1 aromatic heterocycles. The summed E-state index contributed by atoms with van der Waals surface area (Å²) < 4.78 is 23.3. The summed E-state index contributed by atoms with van der Waals surface area (Å²) in [6.07, 6.45) is 3.23. The first kappa shape index (κ1) is 15.0. The van der Waals surface area contributed by atoms with Gasteiger partial charge in [0.25, 0.3) is 0 Å². The molecular weight excluding hydrogens is 276 g/mol. The minimum absolute atomic E-state index is 0.203. The van der Waals surface area contributed by atoms with Crippen LogP contribution in [0.3, 0.4) is 0 Å². The topological polar surface area (TPSA) is 75.2 Å². The maximum Gasteiger partial charge on any atom is 0.152 e. The molecule has 1 N–H and O–H groups in total. The minimum atomic E-state index is -2.90.